The van der Waals surface area contributed by atoms with E-state index in [4.69, 9.17) is 16.8 Å². The van der Waals surface area contributed by atoms with E-state index in [0.717, 1.165) is 0 Å². The summed E-state index contributed by atoms with van der Waals surface area (Å²) in [5.74, 6) is 8.60. The van der Waals surface area contributed by atoms with Crippen molar-refractivity contribution in [3.63, 3.8) is 0 Å². The van der Waals surface area contributed by atoms with Gasteiger partial charge in [0.1, 0.15) is 6.04 Å². The first-order valence-corrected chi connectivity index (χ1v) is 2.63. The van der Waals surface area contributed by atoms with Crippen LogP contribution >= 0.6 is 0 Å². The van der Waals surface area contributed by atoms with Gasteiger partial charge in [-0.2, -0.15) is 5.10 Å². The molecule has 0 aromatic rings. The molecule has 0 aliphatic carbocycles. The van der Waals surface area contributed by atoms with Gasteiger partial charge in [-0.1, -0.05) is 0 Å². The van der Waals surface area contributed by atoms with Crippen molar-refractivity contribution in [3.8, 4) is 0 Å². The van der Waals surface area contributed by atoms with Crippen LogP contribution in [0.5, 0.6) is 0 Å². The van der Waals surface area contributed by atoms with E-state index in [-0.39, 0.29) is 6.42 Å². The van der Waals surface area contributed by atoms with Crippen molar-refractivity contribution in [2.24, 2.45) is 16.8 Å². The molecule has 0 saturated heterocycles. The van der Waals surface area contributed by atoms with Crippen LogP contribution in [0.15, 0.2) is 5.10 Å². The van der Waals surface area contributed by atoms with E-state index in [1.807, 2.05) is 0 Å². The Morgan fingerprint density at radius 3 is 2.80 bits per heavy atom. The van der Waals surface area contributed by atoms with Gasteiger partial charge in [0, 0.05) is 12.6 Å². The minimum Gasteiger partial charge on any atom is -0.480 e. The first-order chi connectivity index (χ1) is 4.72. The van der Waals surface area contributed by atoms with Crippen molar-refractivity contribution < 1.29 is 9.90 Å². The molecule has 58 valence electrons. The van der Waals surface area contributed by atoms with Crippen molar-refractivity contribution >= 4 is 12.2 Å². The van der Waals surface area contributed by atoms with Crippen LogP contribution in [0, 0.1) is 0 Å². The minimum absolute atomic E-state index is 0.183. The van der Waals surface area contributed by atoms with Crippen molar-refractivity contribution in [2.45, 2.75) is 12.5 Å². The quantitative estimate of drug-likeness (QED) is 0.213. The van der Waals surface area contributed by atoms with Gasteiger partial charge in [-0.15, -0.1) is 0 Å². The summed E-state index contributed by atoms with van der Waals surface area (Å²) >= 11 is 0. The second-order valence-corrected chi connectivity index (χ2v) is 1.62. The van der Waals surface area contributed by atoms with Crippen molar-refractivity contribution in [1.29, 1.82) is 0 Å². The molecular weight excluding hydrogens is 136 g/mol. The molecule has 0 spiro atoms. The molecule has 0 unspecified atom stereocenters. The minimum atomic E-state index is -1.03. The molecule has 0 fully saturated rings. The van der Waals surface area contributed by atoms with Crippen LogP contribution in [-0.4, -0.2) is 23.3 Å². The van der Waals surface area contributed by atoms with Gasteiger partial charge in [0.05, 0.1) is 0 Å². The summed E-state index contributed by atoms with van der Waals surface area (Å²) in [6.07, 6.45) is 1.46. The lowest BCUT2D eigenvalue weighted by molar-refractivity contribution is -0.139. The summed E-state index contributed by atoms with van der Waals surface area (Å²) in [6.45, 7) is 0. The normalized spacial score (nSPS) is 13.7. The summed E-state index contributed by atoms with van der Waals surface area (Å²) in [7, 11) is 0. The van der Waals surface area contributed by atoms with Crippen LogP contribution in [0.2, 0.25) is 0 Å². The molecule has 0 saturated carbocycles. The van der Waals surface area contributed by atoms with E-state index in [1.54, 1.807) is 0 Å². The number of hydrogen-bond donors (Lipinski definition) is 4. The summed E-state index contributed by atoms with van der Waals surface area (Å²) in [6, 6.07) is -0.813. The van der Waals surface area contributed by atoms with E-state index in [2.05, 4.69) is 10.5 Å². The Morgan fingerprint density at radius 2 is 2.50 bits per heavy atom. The molecule has 0 amide bonds. The van der Waals surface area contributed by atoms with Crippen LogP contribution in [0.25, 0.3) is 0 Å². The average Bonchev–Trinajstić information content (AvgIpc) is 1.89. The molecule has 10 heavy (non-hydrogen) atoms. The fourth-order valence-corrected chi connectivity index (χ4v) is 0.406. The van der Waals surface area contributed by atoms with E-state index in [1.165, 1.54) is 6.21 Å². The number of nitrogens with zero attached hydrogens (tertiary/aromatic N) is 1. The molecule has 6 N–H and O–H groups in total. The van der Waals surface area contributed by atoms with Crippen molar-refractivity contribution in [1.82, 2.24) is 5.43 Å². The van der Waals surface area contributed by atoms with Crippen LogP contribution in [0.4, 0.5) is 0 Å². The van der Waals surface area contributed by atoms with Gasteiger partial charge >= 0.3 is 5.97 Å². The van der Waals surface area contributed by atoms with Crippen LogP contribution < -0.4 is 17.1 Å². The average molecular weight is 146 g/mol. The van der Waals surface area contributed by atoms with Crippen LogP contribution in [-0.2, 0) is 4.79 Å². The maximum Gasteiger partial charge on any atom is 0.322 e. The third kappa shape index (κ3) is 3.00. The fourth-order valence-electron chi connectivity index (χ4n) is 0.406. The summed E-state index contributed by atoms with van der Waals surface area (Å²) in [4.78, 5) is 10.2. The Labute approximate surface area is 57.9 Å². The van der Waals surface area contributed by atoms with Crippen molar-refractivity contribution in [2.75, 3.05) is 0 Å². The standard InChI is InChI=1S/C4H10N4O2/c5-7-2-1-3(8-6)4(9)10/h2-3,8H,1,5-6H2,(H,9,10)/t3-/m0/s1. The molecule has 1 atom stereocenters. The maximum atomic E-state index is 10.2. The fraction of sp³-hybridized carbons (Fsp3) is 0.500. The highest BCUT2D eigenvalue weighted by Gasteiger charge is 2.12. The summed E-state index contributed by atoms with van der Waals surface area (Å²) < 4.78 is 0. The Balaban J connectivity index is 3.71. The maximum absolute atomic E-state index is 10.2. The number of hydrogen-bond acceptors (Lipinski definition) is 5. The second-order valence-electron chi connectivity index (χ2n) is 1.62. The van der Waals surface area contributed by atoms with E-state index in [9.17, 15) is 4.79 Å². The number of hydrazone groups is 1. The number of hydrazine groups is 1. The van der Waals surface area contributed by atoms with E-state index >= 15 is 0 Å². The second kappa shape index (κ2) is 4.71. The molecular formula is C4H10N4O2. The molecule has 6 heteroatoms. The number of carboxylic acids is 1. The highest BCUT2D eigenvalue weighted by Crippen LogP contribution is 1.85. The molecule has 0 aliphatic heterocycles. The molecule has 0 bridgehead atoms. The largest absolute Gasteiger partial charge is 0.480 e. The van der Waals surface area contributed by atoms with Gasteiger partial charge in [0.2, 0.25) is 0 Å². The third-order valence-corrected chi connectivity index (χ3v) is 0.946. The first-order valence-electron chi connectivity index (χ1n) is 2.63. The zero-order valence-corrected chi connectivity index (χ0v) is 5.32. The highest BCUT2D eigenvalue weighted by molar-refractivity contribution is 5.77. The number of nitrogens with one attached hydrogen (secondary N) is 1. The molecule has 6 nitrogen and oxygen atoms in total. The van der Waals surface area contributed by atoms with Gasteiger partial charge in [0.25, 0.3) is 0 Å². The first kappa shape index (κ1) is 8.86. The van der Waals surface area contributed by atoms with Crippen LogP contribution in [0.3, 0.4) is 0 Å². The van der Waals surface area contributed by atoms with E-state index in [0.29, 0.717) is 0 Å². The number of nitrogens with two attached hydrogens (primary N) is 2. The topological polar surface area (TPSA) is 114 Å². The summed E-state index contributed by atoms with van der Waals surface area (Å²) in [5.41, 5.74) is 2.09. The van der Waals surface area contributed by atoms with Crippen molar-refractivity contribution in [3.05, 3.63) is 0 Å². The predicted octanol–water partition coefficient (Wildman–Crippen LogP) is -1.76. The third-order valence-electron chi connectivity index (χ3n) is 0.946. The molecule has 0 aromatic carbocycles. The Morgan fingerprint density at radius 1 is 1.90 bits per heavy atom. The lowest BCUT2D eigenvalue weighted by Crippen LogP contribution is -2.41. The number of carbonyl (C=O) groups is 1. The number of rotatable bonds is 4. The predicted molar refractivity (Wildman–Crippen MR) is 36.0 cm³/mol. The zero-order valence-electron chi connectivity index (χ0n) is 5.32. The lowest BCUT2D eigenvalue weighted by Gasteiger charge is -2.05. The highest BCUT2D eigenvalue weighted by atomic mass is 16.4. The molecule has 0 aromatic heterocycles. The number of aliphatic carboxylic acids is 1. The van der Waals surface area contributed by atoms with Gasteiger partial charge in [0.15, 0.2) is 0 Å². The Kier molecular flexibility index (Phi) is 4.17. The lowest BCUT2D eigenvalue weighted by atomic mass is 10.2. The van der Waals surface area contributed by atoms with Gasteiger partial charge < -0.3 is 10.9 Å². The van der Waals surface area contributed by atoms with Gasteiger partial charge in [-0.05, 0) is 0 Å². The Hall–Kier alpha value is -1.14. The molecule has 0 aliphatic rings. The van der Waals surface area contributed by atoms with Gasteiger partial charge in [-0.3, -0.25) is 10.6 Å². The van der Waals surface area contributed by atoms with Crippen LogP contribution in [0.1, 0.15) is 6.42 Å². The number of carboxylic acid groups (broad SMARTS) is 1. The summed E-state index contributed by atoms with van der Waals surface area (Å²) in [5, 5.41) is 11.5. The molecule has 0 rings (SSSR count). The SMILES string of the molecule is NN=CC[C@H](NN)C(=O)O. The molecule has 0 radical (unpaired) electrons. The van der Waals surface area contributed by atoms with E-state index < -0.39 is 12.0 Å². The monoisotopic (exact) mass is 146 g/mol. The zero-order chi connectivity index (χ0) is 7.98. The smallest absolute Gasteiger partial charge is 0.322 e. The van der Waals surface area contributed by atoms with Gasteiger partial charge in [-0.25, -0.2) is 5.43 Å². The molecule has 0 heterocycles. The Bertz CT molecular complexity index is 135.